The topological polar surface area (TPSA) is 81.6 Å². The number of carbonyl (C=O) groups excluding carboxylic acids is 1. The second-order valence-corrected chi connectivity index (χ2v) is 7.70. The van der Waals surface area contributed by atoms with E-state index in [1.54, 1.807) is 30.5 Å². The first-order valence-electron chi connectivity index (χ1n) is 9.93. The molecular formula is C22H18F3N5O2. The quantitative estimate of drug-likeness (QED) is 0.633. The molecule has 2 atom stereocenters. The third-order valence-electron chi connectivity index (χ3n) is 5.63. The first kappa shape index (κ1) is 20.3. The van der Waals surface area contributed by atoms with E-state index in [4.69, 9.17) is 0 Å². The Morgan fingerprint density at radius 2 is 1.97 bits per heavy atom. The van der Waals surface area contributed by atoms with Crippen LogP contribution in [0.2, 0.25) is 0 Å². The number of aliphatic hydroxyl groups excluding tert-OH is 1. The number of amides is 2. The number of alkyl halides is 3. The summed E-state index contributed by atoms with van der Waals surface area (Å²) in [6, 6.07) is 10.5. The highest BCUT2D eigenvalue weighted by atomic mass is 19.4. The molecule has 5 rings (SSSR count). The van der Waals surface area contributed by atoms with Crippen molar-refractivity contribution < 1.29 is 23.1 Å². The average Bonchev–Trinajstić information content (AvgIpc) is 3.10. The molecule has 2 bridgehead atoms. The summed E-state index contributed by atoms with van der Waals surface area (Å²) >= 11 is 0. The SMILES string of the molecule is O=C(Nc1cccnc1)N1c2nc(-c3cccc(C(F)(F)F)c3)ccc2N2C[C@@H](O)[C@H]1C2. The Hall–Kier alpha value is -3.66. The molecule has 7 nitrogen and oxygen atoms in total. The molecule has 0 saturated carbocycles. The zero-order valence-corrected chi connectivity index (χ0v) is 16.6. The first-order valence-corrected chi connectivity index (χ1v) is 9.93. The monoisotopic (exact) mass is 441 g/mol. The Labute approximate surface area is 181 Å². The minimum atomic E-state index is -4.48. The minimum absolute atomic E-state index is 0.281. The van der Waals surface area contributed by atoms with E-state index in [1.807, 2.05) is 4.90 Å². The Balaban J connectivity index is 1.56. The van der Waals surface area contributed by atoms with Crippen molar-refractivity contribution in [2.24, 2.45) is 0 Å². The number of pyridine rings is 2. The molecule has 0 radical (unpaired) electrons. The molecule has 1 aromatic carbocycles. The van der Waals surface area contributed by atoms with Crippen LogP contribution in [0.5, 0.6) is 0 Å². The van der Waals surface area contributed by atoms with Crippen LogP contribution in [0, 0.1) is 0 Å². The lowest BCUT2D eigenvalue weighted by Crippen LogP contribution is -2.51. The van der Waals surface area contributed by atoms with Crippen molar-refractivity contribution in [1.29, 1.82) is 0 Å². The number of nitrogens with one attached hydrogen (secondary N) is 1. The molecule has 0 spiro atoms. The van der Waals surface area contributed by atoms with Crippen LogP contribution in [-0.4, -0.2) is 46.3 Å². The van der Waals surface area contributed by atoms with E-state index in [2.05, 4.69) is 15.3 Å². The molecule has 3 aromatic rings. The van der Waals surface area contributed by atoms with Gasteiger partial charge in [0.1, 0.15) is 0 Å². The number of aliphatic hydroxyl groups is 1. The summed E-state index contributed by atoms with van der Waals surface area (Å²) < 4.78 is 39.5. The van der Waals surface area contributed by atoms with Gasteiger partial charge in [0, 0.05) is 24.8 Å². The number of rotatable bonds is 2. The Morgan fingerprint density at radius 1 is 1.12 bits per heavy atom. The average molecular weight is 441 g/mol. The number of nitrogens with zero attached hydrogens (tertiary/aromatic N) is 4. The van der Waals surface area contributed by atoms with Gasteiger partial charge in [0.2, 0.25) is 0 Å². The fourth-order valence-electron chi connectivity index (χ4n) is 4.12. The number of hydrogen-bond donors (Lipinski definition) is 2. The van der Waals surface area contributed by atoms with Crippen molar-refractivity contribution in [3.8, 4) is 11.3 Å². The molecule has 10 heteroatoms. The van der Waals surface area contributed by atoms with E-state index in [0.717, 1.165) is 12.1 Å². The van der Waals surface area contributed by atoms with Crippen molar-refractivity contribution >= 4 is 23.2 Å². The van der Waals surface area contributed by atoms with Crippen LogP contribution in [0.3, 0.4) is 0 Å². The number of benzene rings is 1. The standard InChI is InChI=1S/C22H18F3N5O2/c23-22(24,25)14-4-1-3-13(9-14)16-6-7-17-20(28-16)30(18-11-29(17)12-19(18)31)21(32)27-15-5-2-8-26-10-15/h1-10,18-19,31H,11-12H2,(H,27,32)/t18-,19-/m1/s1. The summed E-state index contributed by atoms with van der Waals surface area (Å²) in [6.45, 7) is 0.762. The maximum absolute atomic E-state index is 13.2. The zero-order valence-electron chi connectivity index (χ0n) is 16.6. The lowest BCUT2D eigenvalue weighted by molar-refractivity contribution is -0.137. The third-order valence-corrected chi connectivity index (χ3v) is 5.63. The van der Waals surface area contributed by atoms with Gasteiger partial charge in [-0.25, -0.2) is 9.78 Å². The van der Waals surface area contributed by atoms with E-state index in [-0.39, 0.29) is 11.4 Å². The predicted octanol–water partition coefficient (Wildman–Crippen LogP) is 3.76. The maximum Gasteiger partial charge on any atom is 0.416 e. The zero-order chi connectivity index (χ0) is 22.5. The van der Waals surface area contributed by atoms with Crippen LogP contribution < -0.4 is 15.1 Å². The van der Waals surface area contributed by atoms with Crippen LogP contribution in [0.15, 0.2) is 60.9 Å². The number of fused-ring (bicyclic) bond motifs is 4. The summed E-state index contributed by atoms with van der Waals surface area (Å²) in [4.78, 5) is 25.0. The molecule has 0 aliphatic carbocycles. The van der Waals surface area contributed by atoms with Crippen molar-refractivity contribution in [3.63, 3.8) is 0 Å². The highest BCUT2D eigenvalue weighted by Crippen LogP contribution is 2.41. The summed E-state index contributed by atoms with van der Waals surface area (Å²) in [5.41, 5.74) is 0.910. The third kappa shape index (κ3) is 3.52. The van der Waals surface area contributed by atoms with Gasteiger partial charge in [0.25, 0.3) is 0 Å². The van der Waals surface area contributed by atoms with E-state index in [0.29, 0.717) is 30.2 Å². The van der Waals surface area contributed by atoms with Gasteiger partial charge in [-0.05, 0) is 36.4 Å². The number of halogens is 3. The van der Waals surface area contributed by atoms with Crippen LogP contribution >= 0.6 is 0 Å². The Bertz CT molecular complexity index is 1170. The molecule has 2 aliphatic heterocycles. The molecule has 1 saturated heterocycles. The molecule has 1 fully saturated rings. The fraction of sp³-hybridized carbons (Fsp3) is 0.227. The van der Waals surface area contributed by atoms with Gasteiger partial charge in [-0.15, -0.1) is 0 Å². The highest BCUT2D eigenvalue weighted by molar-refractivity contribution is 6.04. The number of urea groups is 1. The number of aromatic nitrogens is 2. The van der Waals surface area contributed by atoms with Gasteiger partial charge in [0.15, 0.2) is 5.82 Å². The van der Waals surface area contributed by atoms with E-state index in [9.17, 15) is 23.1 Å². The Kier molecular flexibility index (Phi) is 4.74. The van der Waals surface area contributed by atoms with E-state index in [1.165, 1.54) is 23.2 Å². The molecule has 164 valence electrons. The molecule has 2 N–H and O–H groups in total. The van der Waals surface area contributed by atoms with Gasteiger partial charge in [-0.1, -0.05) is 12.1 Å². The van der Waals surface area contributed by atoms with Crippen molar-refractivity contribution in [2.75, 3.05) is 28.2 Å². The van der Waals surface area contributed by atoms with Crippen molar-refractivity contribution in [2.45, 2.75) is 18.3 Å². The summed E-state index contributed by atoms with van der Waals surface area (Å²) in [6.07, 6.45) is -2.20. The number of carbonyl (C=O) groups is 1. The largest absolute Gasteiger partial charge is 0.416 e. The first-order chi connectivity index (χ1) is 15.3. The van der Waals surface area contributed by atoms with Crippen molar-refractivity contribution in [3.05, 3.63) is 66.5 Å². The smallest absolute Gasteiger partial charge is 0.389 e. The van der Waals surface area contributed by atoms with Crippen LogP contribution in [0.1, 0.15) is 5.56 Å². The second kappa shape index (κ2) is 7.49. The number of anilines is 3. The highest BCUT2D eigenvalue weighted by Gasteiger charge is 2.45. The fourth-order valence-corrected chi connectivity index (χ4v) is 4.12. The van der Waals surface area contributed by atoms with Gasteiger partial charge < -0.3 is 15.3 Å². The predicted molar refractivity (Wildman–Crippen MR) is 112 cm³/mol. The molecule has 32 heavy (non-hydrogen) atoms. The molecule has 2 amide bonds. The maximum atomic E-state index is 13.2. The van der Waals surface area contributed by atoms with Gasteiger partial charge in [0.05, 0.1) is 41.0 Å². The molecule has 2 aromatic heterocycles. The minimum Gasteiger partial charge on any atom is -0.389 e. The van der Waals surface area contributed by atoms with Crippen LogP contribution in [-0.2, 0) is 6.18 Å². The normalized spacial score (nSPS) is 19.6. The molecular weight excluding hydrogens is 423 g/mol. The van der Waals surface area contributed by atoms with Gasteiger partial charge in [-0.3, -0.25) is 9.88 Å². The number of hydrogen-bond acceptors (Lipinski definition) is 5. The van der Waals surface area contributed by atoms with Crippen molar-refractivity contribution in [1.82, 2.24) is 9.97 Å². The van der Waals surface area contributed by atoms with Gasteiger partial charge in [-0.2, -0.15) is 13.2 Å². The van der Waals surface area contributed by atoms with Crippen LogP contribution in [0.4, 0.5) is 35.2 Å². The second-order valence-electron chi connectivity index (χ2n) is 7.70. The summed E-state index contributed by atoms with van der Waals surface area (Å²) in [7, 11) is 0. The summed E-state index contributed by atoms with van der Waals surface area (Å²) in [5.74, 6) is 0.286. The van der Waals surface area contributed by atoms with E-state index < -0.39 is 29.9 Å². The Morgan fingerprint density at radius 3 is 2.72 bits per heavy atom. The molecule has 4 heterocycles. The molecule has 0 unspecified atom stereocenters. The van der Waals surface area contributed by atoms with Crippen LogP contribution in [0.25, 0.3) is 11.3 Å². The molecule has 2 aliphatic rings. The van der Waals surface area contributed by atoms with E-state index >= 15 is 0 Å². The summed E-state index contributed by atoms with van der Waals surface area (Å²) in [5, 5.41) is 13.3. The lowest BCUT2D eigenvalue weighted by atomic mass is 10.1. The van der Waals surface area contributed by atoms with Gasteiger partial charge >= 0.3 is 12.2 Å². The lowest BCUT2D eigenvalue weighted by Gasteiger charge is -2.36.